The zero-order valence-corrected chi connectivity index (χ0v) is 15.8. The number of amides is 1. The van der Waals surface area contributed by atoms with Gasteiger partial charge < -0.3 is 5.73 Å². The first-order valence-electron chi connectivity index (χ1n) is 7.08. The molecule has 8 heteroatoms. The van der Waals surface area contributed by atoms with E-state index in [0.29, 0.717) is 5.56 Å². The molecule has 0 fully saturated rings. The van der Waals surface area contributed by atoms with Crippen molar-refractivity contribution in [2.75, 3.05) is 0 Å². The Morgan fingerprint density at radius 1 is 1.12 bits per heavy atom. The number of aromatic nitrogens is 2. The van der Waals surface area contributed by atoms with Crippen molar-refractivity contribution >= 4 is 37.8 Å². The summed E-state index contributed by atoms with van der Waals surface area (Å²) in [5, 5.41) is 2.95. The van der Waals surface area contributed by atoms with Gasteiger partial charge in [-0.1, -0.05) is 11.2 Å². The Balaban J connectivity index is 2.11. The van der Waals surface area contributed by atoms with E-state index in [-0.39, 0.29) is 16.4 Å². The molecule has 0 spiro atoms. The monoisotopic (exact) mass is 454 g/mol. The summed E-state index contributed by atoms with van der Waals surface area (Å²) in [4.78, 5) is 21.4. The number of primary amides is 1. The minimum atomic E-state index is -0.457. The lowest BCUT2D eigenvalue weighted by molar-refractivity contribution is -0.697. The maximum absolute atomic E-state index is 11.1. The number of hydrogen-bond acceptors (Lipinski definition) is 3. The summed E-state index contributed by atoms with van der Waals surface area (Å²) >= 11 is 7.14. The highest BCUT2D eigenvalue weighted by molar-refractivity contribution is 9.09. The molecule has 0 bridgehead atoms. The molecule has 2 atom stereocenters. The first kappa shape index (κ1) is 18.4. The largest absolute Gasteiger partial charge is 0.366 e. The highest BCUT2D eigenvalue weighted by Crippen LogP contribution is 2.15. The van der Waals surface area contributed by atoms with Crippen LogP contribution in [0.1, 0.15) is 26.0 Å². The molecule has 0 saturated carbocycles. The van der Waals surface area contributed by atoms with Gasteiger partial charge in [-0.15, -0.1) is 0 Å². The van der Waals surface area contributed by atoms with E-state index in [1.165, 1.54) is 0 Å². The zero-order chi connectivity index (χ0) is 17.5. The molecule has 1 amide bonds. The Kier molecular flexibility index (Phi) is 6.74. The molecule has 2 unspecified atom stereocenters. The Hall–Kier alpha value is -1.93. The highest BCUT2D eigenvalue weighted by Gasteiger charge is 2.18. The van der Waals surface area contributed by atoms with Gasteiger partial charge in [-0.25, -0.2) is 0 Å². The maximum Gasteiger partial charge on any atom is 0.249 e. The molecule has 0 aliphatic carbocycles. The minimum Gasteiger partial charge on any atom is -0.366 e. The molecular formula is C16H16Br2N4O2+2. The lowest BCUT2D eigenvalue weighted by Gasteiger charge is -2.05. The van der Waals surface area contributed by atoms with E-state index in [9.17, 15) is 9.70 Å². The second-order valence-electron chi connectivity index (χ2n) is 4.91. The number of halogens is 2. The van der Waals surface area contributed by atoms with Crippen LogP contribution in [-0.2, 0) is 6.54 Å². The van der Waals surface area contributed by atoms with E-state index in [1.54, 1.807) is 24.5 Å². The van der Waals surface area contributed by atoms with Crippen LogP contribution in [0, 0.1) is 4.91 Å². The van der Waals surface area contributed by atoms with Crippen LogP contribution >= 0.6 is 31.9 Å². The fraction of sp³-hybridized carbons (Fsp3) is 0.188. The normalized spacial score (nSPS) is 13.6. The summed E-state index contributed by atoms with van der Waals surface area (Å²) in [7, 11) is 0. The average Bonchev–Trinajstić information content (AvgIpc) is 2.60. The Morgan fingerprint density at radius 2 is 1.79 bits per heavy atom. The molecule has 0 aliphatic heterocycles. The highest BCUT2D eigenvalue weighted by atomic mass is 79.9. The van der Waals surface area contributed by atoms with Crippen LogP contribution in [0.5, 0.6) is 0 Å². The van der Waals surface area contributed by atoms with Crippen molar-refractivity contribution in [3.8, 4) is 0 Å². The molecule has 0 radical (unpaired) electrons. The number of nitroso groups, excluding NO2 is 1. The van der Waals surface area contributed by atoms with E-state index in [1.807, 2.05) is 45.7 Å². The van der Waals surface area contributed by atoms with E-state index in [0.717, 1.165) is 5.69 Å². The van der Waals surface area contributed by atoms with Crippen LogP contribution in [0.2, 0.25) is 0 Å². The Bertz CT molecular complexity index is 750. The summed E-state index contributed by atoms with van der Waals surface area (Å²) in [5.41, 5.74) is 6.50. The fourth-order valence-corrected chi connectivity index (χ4v) is 3.10. The van der Waals surface area contributed by atoms with Crippen molar-refractivity contribution in [1.29, 1.82) is 0 Å². The summed E-state index contributed by atoms with van der Waals surface area (Å²) in [5.74, 6) is -0.457. The number of nitrogens with zero attached hydrogens (tertiary/aromatic N) is 3. The predicted molar refractivity (Wildman–Crippen MR) is 96.4 cm³/mol. The number of pyridine rings is 2. The third kappa shape index (κ3) is 4.78. The van der Waals surface area contributed by atoms with Crippen molar-refractivity contribution in [1.82, 2.24) is 0 Å². The van der Waals surface area contributed by atoms with Gasteiger partial charge in [0.05, 0.1) is 5.56 Å². The summed E-state index contributed by atoms with van der Waals surface area (Å²) in [6.07, 6.45) is 9.31. The Labute approximate surface area is 156 Å². The van der Waals surface area contributed by atoms with Crippen molar-refractivity contribution in [2.45, 2.75) is 16.4 Å². The van der Waals surface area contributed by atoms with Gasteiger partial charge >= 0.3 is 0 Å². The lowest BCUT2D eigenvalue weighted by atomic mass is 10.2. The number of allylic oxidation sites excluding steroid dienone is 2. The van der Waals surface area contributed by atoms with Crippen molar-refractivity contribution in [3.05, 3.63) is 77.2 Å². The number of nitrogens with two attached hydrogens (primary N) is 1. The molecule has 0 aliphatic rings. The summed E-state index contributed by atoms with van der Waals surface area (Å²) in [6.45, 7) is 0.109. The van der Waals surface area contributed by atoms with Crippen molar-refractivity contribution in [2.24, 2.45) is 10.9 Å². The van der Waals surface area contributed by atoms with Gasteiger partial charge in [-0.3, -0.25) is 4.79 Å². The van der Waals surface area contributed by atoms with Crippen LogP contribution in [0.4, 0.5) is 0 Å². The van der Waals surface area contributed by atoms with Crippen LogP contribution < -0.4 is 14.9 Å². The van der Waals surface area contributed by atoms with Gasteiger partial charge in [0, 0.05) is 24.3 Å². The molecule has 2 aromatic heterocycles. The number of carbonyl (C=O) groups is 1. The number of carbonyl (C=O) groups excluding carboxylic acids is 1. The van der Waals surface area contributed by atoms with Gasteiger partial charge in [0.1, 0.15) is 0 Å². The first-order chi connectivity index (χ1) is 11.5. The molecule has 2 aromatic rings. The molecule has 0 saturated heterocycles. The maximum atomic E-state index is 11.1. The molecular weight excluding hydrogens is 440 g/mol. The van der Waals surface area contributed by atoms with E-state index >= 15 is 0 Å². The SMILES string of the molecule is NC(=O)c1cc[n+](C(Br)C=CC(Br)[n+]2ccccc2CN=O)cc1. The van der Waals surface area contributed by atoms with E-state index in [2.05, 4.69) is 37.0 Å². The molecule has 6 nitrogen and oxygen atoms in total. The van der Waals surface area contributed by atoms with Crippen LogP contribution in [-0.4, -0.2) is 5.91 Å². The van der Waals surface area contributed by atoms with E-state index in [4.69, 9.17) is 5.73 Å². The second kappa shape index (κ2) is 8.79. The second-order valence-corrected chi connectivity index (χ2v) is 6.79. The molecule has 2 N–H and O–H groups in total. The molecule has 2 rings (SSSR count). The molecule has 24 heavy (non-hydrogen) atoms. The third-order valence-corrected chi connectivity index (χ3v) is 4.85. The number of rotatable bonds is 7. The molecule has 0 aromatic carbocycles. The van der Waals surface area contributed by atoms with Crippen LogP contribution in [0.25, 0.3) is 0 Å². The lowest BCUT2D eigenvalue weighted by Crippen LogP contribution is -2.39. The predicted octanol–water partition coefficient (Wildman–Crippen LogP) is 2.67. The van der Waals surface area contributed by atoms with E-state index < -0.39 is 5.91 Å². The van der Waals surface area contributed by atoms with Crippen LogP contribution in [0.3, 0.4) is 0 Å². The minimum absolute atomic E-state index is 0.101. The van der Waals surface area contributed by atoms with Gasteiger partial charge in [-0.2, -0.15) is 14.0 Å². The van der Waals surface area contributed by atoms with Crippen molar-refractivity contribution < 1.29 is 13.9 Å². The summed E-state index contributed by atoms with van der Waals surface area (Å²) < 4.78 is 3.80. The Morgan fingerprint density at radius 3 is 2.42 bits per heavy atom. The van der Waals surface area contributed by atoms with Gasteiger partial charge in [0.2, 0.25) is 21.5 Å². The first-order valence-corrected chi connectivity index (χ1v) is 8.91. The zero-order valence-electron chi connectivity index (χ0n) is 12.6. The fourth-order valence-electron chi connectivity index (χ4n) is 2.07. The van der Waals surface area contributed by atoms with Crippen molar-refractivity contribution in [3.63, 3.8) is 0 Å². The van der Waals surface area contributed by atoms with Gasteiger partial charge in [-0.05, 0) is 44.0 Å². The topological polar surface area (TPSA) is 80.3 Å². The molecule has 2 heterocycles. The standard InChI is InChI=1S/C16H15Br2N4O2/c17-14(21-9-6-12(7-10-21)16(19)23)4-5-15(18)22-8-2-1-3-13(22)11-20-24/h1-10,14-15H,11H2,(H-,19,23)/q+1/p+1. The van der Waals surface area contributed by atoms with Crippen LogP contribution in [0.15, 0.2) is 66.3 Å². The average molecular weight is 456 g/mol. The number of alkyl halides is 2. The summed E-state index contributed by atoms with van der Waals surface area (Å²) in [6, 6.07) is 8.93. The van der Waals surface area contributed by atoms with Gasteiger partial charge in [0.15, 0.2) is 25.1 Å². The number of hydrogen-bond donors (Lipinski definition) is 1. The third-order valence-electron chi connectivity index (χ3n) is 3.32. The quantitative estimate of drug-likeness (QED) is 0.301. The molecule has 124 valence electrons. The smallest absolute Gasteiger partial charge is 0.249 e. The van der Waals surface area contributed by atoms with Gasteiger partial charge in [0.25, 0.3) is 0 Å².